The van der Waals surface area contributed by atoms with Crippen LogP contribution in [0.1, 0.15) is 50.8 Å². The van der Waals surface area contributed by atoms with Gasteiger partial charge in [0.05, 0.1) is 0 Å². The monoisotopic (exact) mass is 288 g/mol. The topological polar surface area (TPSA) is 15.3 Å². The molecular weight excluding hydrogens is 256 g/mol. The first kappa shape index (κ1) is 16.5. The van der Waals surface area contributed by atoms with Gasteiger partial charge in [0.25, 0.3) is 0 Å². The molecule has 0 bridgehead atoms. The first-order valence-corrected chi connectivity index (χ1v) is 8.57. The van der Waals surface area contributed by atoms with Crippen LogP contribution in [0, 0.1) is 11.8 Å². The van der Waals surface area contributed by atoms with Gasteiger partial charge in [0, 0.05) is 12.6 Å². The molecule has 1 aromatic rings. The number of nitrogens with zero attached hydrogens (tertiary/aromatic N) is 1. The number of hydrogen-bond donors (Lipinski definition) is 1. The molecule has 1 aliphatic heterocycles. The minimum atomic E-state index is 0.450. The fraction of sp³-hybridized carbons (Fsp3) is 0.684. The first-order chi connectivity index (χ1) is 10.1. The van der Waals surface area contributed by atoms with E-state index in [0.717, 1.165) is 18.4 Å². The Morgan fingerprint density at radius 2 is 1.76 bits per heavy atom. The van der Waals surface area contributed by atoms with Gasteiger partial charge in [-0.25, -0.2) is 0 Å². The van der Waals surface area contributed by atoms with Crippen LogP contribution in [0.3, 0.4) is 0 Å². The molecule has 2 rings (SSSR count). The van der Waals surface area contributed by atoms with E-state index in [4.69, 9.17) is 0 Å². The molecule has 1 saturated heterocycles. The molecule has 21 heavy (non-hydrogen) atoms. The molecule has 0 amide bonds. The fourth-order valence-electron chi connectivity index (χ4n) is 3.22. The van der Waals surface area contributed by atoms with Crippen LogP contribution >= 0.6 is 0 Å². The average Bonchev–Trinajstić information content (AvgIpc) is 2.47. The van der Waals surface area contributed by atoms with Gasteiger partial charge in [-0.15, -0.1) is 0 Å². The molecule has 0 radical (unpaired) electrons. The number of nitrogens with one attached hydrogen (secondary N) is 1. The van der Waals surface area contributed by atoms with Crippen LogP contribution in [-0.4, -0.2) is 31.6 Å². The van der Waals surface area contributed by atoms with E-state index >= 15 is 0 Å². The smallest absolute Gasteiger partial charge is 0.0446 e. The van der Waals surface area contributed by atoms with Gasteiger partial charge in [-0.3, -0.25) is 0 Å². The third kappa shape index (κ3) is 5.12. The standard InChI is InChI=1S/C19H32N2/c1-15(2)13-17-5-7-18(8-6-17)19(20-4)14-21-11-9-16(3)10-12-21/h5-8,15-16,19-20H,9-14H2,1-4H3. The summed E-state index contributed by atoms with van der Waals surface area (Å²) in [5, 5.41) is 3.50. The zero-order valence-corrected chi connectivity index (χ0v) is 14.2. The molecule has 2 nitrogen and oxygen atoms in total. The molecule has 1 heterocycles. The number of likely N-dealkylation sites (N-methyl/N-ethyl adjacent to an activating group) is 1. The van der Waals surface area contributed by atoms with Crippen molar-refractivity contribution >= 4 is 0 Å². The van der Waals surface area contributed by atoms with Gasteiger partial charge < -0.3 is 10.2 Å². The van der Waals surface area contributed by atoms with Gasteiger partial charge >= 0.3 is 0 Å². The van der Waals surface area contributed by atoms with E-state index in [0.29, 0.717) is 6.04 Å². The number of piperidine rings is 1. The Balaban J connectivity index is 1.93. The van der Waals surface area contributed by atoms with Crippen LogP contribution in [-0.2, 0) is 6.42 Å². The summed E-state index contributed by atoms with van der Waals surface area (Å²) in [6.45, 7) is 10.6. The molecule has 1 N–H and O–H groups in total. The number of rotatable bonds is 6. The Kier molecular flexibility index (Phi) is 6.25. The molecule has 2 heteroatoms. The zero-order valence-electron chi connectivity index (χ0n) is 14.2. The Morgan fingerprint density at radius 3 is 2.29 bits per heavy atom. The summed E-state index contributed by atoms with van der Waals surface area (Å²) >= 11 is 0. The quantitative estimate of drug-likeness (QED) is 0.854. The summed E-state index contributed by atoms with van der Waals surface area (Å²) in [7, 11) is 2.08. The van der Waals surface area contributed by atoms with Crippen molar-refractivity contribution in [1.29, 1.82) is 0 Å². The predicted octanol–water partition coefficient (Wildman–Crippen LogP) is 3.88. The minimum Gasteiger partial charge on any atom is -0.312 e. The van der Waals surface area contributed by atoms with E-state index in [1.807, 2.05) is 0 Å². The lowest BCUT2D eigenvalue weighted by molar-refractivity contribution is 0.177. The normalized spacial score (nSPS) is 19.1. The lowest BCUT2D eigenvalue weighted by Crippen LogP contribution is -2.38. The number of benzene rings is 1. The van der Waals surface area contributed by atoms with E-state index in [-0.39, 0.29) is 0 Å². The molecule has 1 atom stereocenters. The second kappa shape index (κ2) is 7.95. The SMILES string of the molecule is CNC(CN1CCC(C)CC1)c1ccc(CC(C)C)cc1. The van der Waals surface area contributed by atoms with Gasteiger partial charge in [0.15, 0.2) is 0 Å². The Hall–Kier alpha value is -0.860. The summed E-state index contributed by atoms with van der Waals surface area (Å²) in [4.78, 5) is 2.61. The molecule has 0 aromatic heterocycles. The van der Waals surface area contributed by atoms with E-state index < -0.39 is 0 Å². The van der Waals surface area contributed by atoms with Crippen LogP contribution in [0.2, 0.25) is 0 Å². The van der Waals surface area contributed by atoms with Gasteiger partial charge in [-0.1, -0.05) is 45.0 Å². The Labute approximate surface area is 130 Å². The summed E-state index contributed by atoms with van der Waals surface area (Å²) < 4.78 is 0. The van der Waals surface area contributed by atoms with Crippen molar-refractivity contribution < 1.29 is 0 Å². The highest BCUT2D eigenvalue weighted by Gasteiger charge is 2.19. The van der Waals surface area contributed by atoms with Crippen molar-refractivity contribution in [2.24, 2.45) is 11.8 Å². The predicted molar refractivity (Wildman–Crippen MR) is 91.6 cm³/mol. The molecule has 118 valence electrons. The molecule has 1 unspecified atom stereocenters. The van der Waals surface area contributed by atoms with E-state index in [2.05, 4.69) is 62.3 Å². The van der Waals surface area contributed by atoms with E-state index in [1.54, 1.807) is 0 Å². The van der Waals surface area contributed by atoms with Crippen molar-refractivity contribution in [2.75, 3.05) is 26.7 Å². The highest BCUT2D eigenvalue weighted by atomic mass is 15.1. The van der Waals surface area contributed by atoms with Gasteiger partial charge in [-0.2, -0.15) is 0 Å². The molecule has 1 aromatic carbocycles. The lowest BCUT2D eigenvalue weighted by Gasteiger charge is -2.33. The van der Waals surface area contributed by atoms with Gasteiger partial charge in [-0.05, 0) is 62.4 Å². The molecule has 1 aliphatic rings. The van der Waals surface area contributed by atoms with Crippen molar-refractivity contribution in [3.63, 3.8) is 0 Å². The maximum atomic E-state index is 3.50. The lowest BCUT2D eigenvalue weighted by atomic mass is 9.97. The van der Waals surface area contributed by atoms with Crippen molar-refractivity contribution in [1.82, 2.24) is 10.2 Å². The molecular formula is C19H32N2. The van der Waals surface area contributed by atoms with Gasteiger partial charge in [0.2, 0.25) is 0 Å². The highest BCUT2D eigenvalue weighted by Crippen LogP contribution is 2.21. The second-order valence-electron chi connectivity index (χ2n) is 7.16. The largest absolute Gasteiger partial charge is 0.312 e. The van der Waals surface area contributed by atoms with Crippen LogP contribution in [0.5, 0.6) is 0 Å². The first-order valence-electron chi connectivity index (χ1n) is 8.57. The zero-order chi connectivity index (χ0) is 15.2. The molecule has 0 spiro atoms. The van der Waals surface area contributed by atoms with E-state index in [1.165, 1.54) is 43.5 Å². The molecule has 0 saturated carbocycles. The summed E-state index contributed by atoms with van der Waals surface area (Å²) in [6.07, 6.45) is 3.88. The fourth-order valence-corrected chi connectivity index (χ4v) is 3.22. The maximum absolute atomic E-state index is 3.50. The van der Waals surface area contributed by atoms with Crippen LogP contribution < -0.4 is 5.32 Å². The second-order valence-corrected chi connectivity index (χ2v) is 7.16. The molecule has 0 aliphatic carbocycles. The van der Waals surface area contributed by atoms with Crippen molar-refractivity contribution in [3.05, 3.63) is 35.4 Å². The van der Waals surface area contributed by atoms with Crippen molar-refractivity contribution in [3.8, 4) is 0 Å². The van der Waals surface area contributed by atoms with Crippen LogP contribution in [0.25, 0.3) is 0 Å². The average molecular weight is 288 g/mol. The molecule has 1 fully saturated rings. The van der Waals surface area contributed by atoms with Crippen LogP contribution in [0.15, 0.2) is 24.3 Å². The Morgan fingerprint density at radius 1 is 1.14 bits per heavy atom. The maximum Gasteiger partial charge on any atom is 0.0446 e. The highest BCUT2D eigenvalue weighted by molar-refractivity contribution is 5.25. The summed E-state index contributed by atoms with van der Waals surface area (Å²) in [5.41, 5.74) is 2.87. The van der Waals surface area contributed by atoms with Crippen molar-refractivity contribution in [2.45, 2.75) is 46.1 Å². The number of hydrogen-bond acceptors (Lipinski definition) is 2. The minimum absolute atomic E-state index is 0.450. The third-order valence-corrected chi connectivity index (χ3v) is 4.69. The summed E-state index contributed by atoms with van der Waals surface area (Å²) in [5.74, 6) is 1.64. The summed E-state index contributed by atoms with van der Waals surface area (Å²) in [6, 6.07) is 9.68. The Bertz CT molecular complexity index is 402. The van der Waals surface area contributed by atoms with E-state index in [9.17, 15) is 0 Å². The van der Waals surface area contributed by atoms with Gasteiger partial charge in [0.1, 0.15) is 0 Å². The van der Waals surface area contributed by atoms with Crippen LogP contribution in [0.4, 0.5) is 0 Å². The number of likely N-dealkylation sites (tertiary alicyclic amines) is 1. The third-order valence-electron chi connectivity index (χ3n) is 4.69.